The zero-order valence-electron chi connectivity index (χ0n) is 16.3. The molecule has 0 aliphatic rings. The second-order valence-corrected chi connectivity index (χ2v) is 7.97. The molecule has 0 aliphatic carbocycles. The average molecular weight is 454 g/mol. The van der Waals surface area contributed by atoms with Crippen molar-refractivity contribution in [3.05, 3.63) is 86.6 Å². The van der Waals surface area contributed by atoms with Gasteiger partial charge in [-0.1, -0.05) is 35.9 Å². The normalized spacial score (nSPS) is 10.8. The van der Waals surface area contributed by atoms with Crippen LogP contribution in [0.3, 0.4) is 0 Å². The van der Waals surface area contributed by atoms with Crippen LogP contribution in [0.4, 0.5) is 11.5 Å². The maximum atomic E-state index is 12.5. The Bertz CT molecular complexity index is 1250. The Hall–Kier alpha value is -3.56. The van der Waals surface area contributed by atoms with E-state index in [0.29, 0.717) is 27.4 Å². The van der Waals surface area contributed by atoms with Crippen molar-refractivity contribution in [2.45, 2.75) is 13.3 Å². The number of carbonyl (C=O) groups excluding carboxylic acids is 1. The predicted molar refractivity (Wildman–Crippen MR) is 120 cm³/mol. The molecule has 2 heterocycles. The third kappa shape index (κ3) is 4.62. The van der Waals surface area contributed by atoms with Crippen LogP contribution in [0.15, 0.2) is 60.1 Å². The Kier molecular flexibility index (Phi) is 5.79. The SMILES string of the molecule is Cc1ncc(NC(=O)Cc2ccc([N+](=O)[O-])cc2)n1-c1nc(-c2ccc(Cl)cc2)cs1. The molecule has 1 N–H and O–H groups in total. The maximum absolute atomic E-state index is 12.5. The van der Waals surface area contributed by atoms with Crippen LogP contribution in [0.1, 0.15) is 11.4 Å². The number of rotatable bonds is 6. The molecule has 2 aromatic carbocycles. The van der Waals surface area contributed by atoms with Crippen molar-refractivity contribution >= 4 is 40.4 Å². The van der Waals surface area contributed by atoms with Crippen molar-refractivity contribution in [1.82, 2.24) is 14.5 Å². The molecule has 31 heavy (non-hydrogen) atoms. The average Bonchev–Trinajstić information content (AvgIpc) is 3.35. The number of nitrogens with one attached hydrogen (secondary N) is 1. The lowest BCUT2D eigenvalue weighted by molar-refractivity contribution is -0.384. The fourth-order valence-electron chi connectivity index (χ4n) is 3.00. The number of nitro benzene ring substituents is 1. The number of nitro groups is 1. The van der Waals surface area contributed by atoms with E-state index >= 15 is 0 Å². The molecule has 1 amide bonds. The number of amides is 1. The van der Waals surface area contributed by atoms with E-state index in [-0.39, 0.29) is 18.0 Å². The van der Waals surface area contributed by atoms with Crippen LogP contribution in [-0.2, 0) is 11.2 Å². The van der Waals surface area contributed by atoms with Crippen molar-refractivity contribution in [2.24, 2.45) is 0 Å². The Morgan fingerprint density at radius 3 is 2.58 bits per heavy atom. The third-order valence-electron chi connectivity index (χ3n) is 4.54. The number of imidazole rings is 1. The summed E-state index contributed by atoms with van der Waals surface area (Å²) in [5, 5.41) is 16.9. The highest BCUT2D eigenvalue weighted by atomic mass is 35.5. The van der Waals surface area contributed by atoms with E-state index in [0.717, 1.165) is 11.3 Å². The summed E-state index contributed by atoms with van der Waals surface area (Å²) in [5.74, 6) is 0.925. The summed E-state index contributed by atoms with van der Waals surface area (Å²) in [6.45, 7) is 1.83. The zero-order chi connectivity index (χ0) is 22.0. The second kappa shape index (κ2) is 8.66. The molecule has 156 valence electrons. The Balaban J connectivity index is 1.52. The number of aromatic nitrogens is 3. The van der Waals surface area contributed by atoms with E-state index in [1.54, 1.807) is 22.9 Å². The maximum Gasteiger partial charge on any atom is 0.269 e. The molecular weight excluding hydrogens is 438 g/mol. The van der Waals surface area contributed by atoms with Gasteiger partial charge >= 0.3 is 0 Å². The lowest BCUT2D eigenvalue weighted by Gasteiger charge is -2.08. The van der Waals surface area contributed by atoms with Gasteiger partial charge < -0.3 is 5.32 Å². The van der Waals surface area contributed by atoms with E-state index in [1.165, 1.54) is 23.5 Å². The first-order chi connectivity index (χ1) is 14.9. The van der Waals surface area contributed by atoms with Gasteiger partial charge in [0, 0.05) is 28.1 Å². The monoisotopic (exact) mass is 453 g/mol. The first-order valence-corrected chi connectivity index (χ1v) is 10.5. The quantitative estimate of drug-likeness (QED) is 0.325. The summed E-state index contributed by atoms with van der Waals surface area (Å²) in [5.41, 5.74) is 2.39. The number of aryl methyl sites for hydroxylation is 1. The van der Waals surface area contributed by atoms with Crippen molar-refractivity contribution in [1.29, 1.82) is 0 Å². The molecule has 0 fully saturated rings. The molecule has 0 aliphatic heterocycles. The number of nitrogens with zero attached hydrogens (tertiary/aromatic N) is 4. The molecule has 0 radical (unpaired) electrons. The molecule has 2 aromatic heterocycles. The molecule has 4 rings (SSSR count). The van der Waals surface area contributed by atoms with Crippen LogP contribution in [0.5, 0.6) is 0 Å². The minimum Gasteiger partial charge on any atom is -0.310 e. The molecular formula is C21H16ClN5O3S. The van der Waals surface area contributed by atoms with Crippen LogP contribution >= 0.6 is 22.9 Å². The molecule has 0 bridgehead atoms. The molecule has 10 heteroatoms. The van der Waals surface area contributed by atoms with Gasteiger partial charge in [-0.05, 0) is 24.6 Å². The van der Waals surface area contributed by atoms with Crippen LogP contribution in [-0.4, -0.2) is 25.4 Å². The summed E-state index contributed by atoms with van der Waals surface area (Å²) >= 11 is 7.39. The standard InChI is InChI=1S/C21H16ClN5O3S/c1-13-23-11-19(25-20(28)10-14-2-8-17(9-3-14)27(29)30)26(13)21-24-18(12-31-21)15-4-6-16(22)7-5-15/h2-9,11-12H,10H2,1H3,(H,25,28). The number of benzene rings is 2. The molecule has 0 unspecified atom stereocenters. The van der Waals surface area contributed by atoms with E-state index in [1.807, 2.05) is 36.6 Å². The Labute approximate surface area is 186 Å². The number of hydrogen-bond donors (Lipinski definition) is 1. The first-order valence-electron chi connectivity index (χ1n) is 9.20. The lowest BCUT2D eigenvalue weighted by atomic mass is 10.1. The van der Waals surface area contributed by atoms with E-state index in [4.69, 9.17) is 11.6 Å². The van der Waals surface area contributed by atoms with Gasteiger partial charge in [0.15, 0.2) is 5.13 Å². The molecule has 0 atom stereocenters. The number of hydrogen-bond acceptors (Lipinski definition) is 6. The van der Waals surface area contributed by atoms with Crippen molar-refractivity contribution in [2.75, 3.05) is 5.32 Å². The molecule has 0 saturated heterocycles. The summed E-state index contributed by atoms with van der Waals surface area (Å²) < 4.78 is 1.78. The van der Waals surface area contributed by atoms with Crippen LogP contribution < -0.4 is 5.32 Å². The fraction of sp³-hybridized carbons (Fsp3) is 0.0952. The Morgan fingerprint density at radius 1 is 1.19 bits per heavy atom. The summed E-state index contributed by atoms with van der Waals surface area (Å²) in [7, 11) is 0. The van der Waals surface area contributed by atoms with Crippen molar-refractivity contribution < 1.29 is 9.72 Å². The van der Waals surface area contributed by atoms with Gasteiger partial charge in [0.05, 0.1) is 23.2 Å². The highest BCUT2D eigenvalue weighted by Crippen LogP contribution is 2.28. The highest BCUT2D eigenvalue weighted by Gasteiger charge is 2.16. The summed E-state index contributed by atoms with van der Waals surface area (Å²) in [6, 6.07) is 13.3. The van der Waals surface area contributed by atoms with Gasteiger partial charge in [0.25, 0.3) is 5.69 Å². The largest absolute Gasteiger partial charge is 0.310 e. The van der Waals surface area contributed by atoms with Gasteiger partial charge in [0.1, 0.15) is 11.6 Å². The summed E-state index contributed by atoms with van der Waals surface area (Å²) in [4.78, 5) is 31.8. The van der Waals surface area contributed by atoms with Crippen LogP contribution in [0.2, 0.25) is 5.02 Å². The first kappa shape index (κ1) is 20.7. The number of thiazole rings is 1. The molecule has 4 aromatic rings. The fourth-order valence-corrected chi connectivity index (χ4v) is 4.02. The summed E-state index contributed by atoms with van der Waals surface area (Å²) in [6.07, 6.45) is 1.66. The van der Waals surface area contributed by atoms with Crippen molar-refractivity contribution in [3.63, 3.8) is 0 Å². The van der Waals surface area contributed by atoms with E-state index < -0.39 is 4.92 Å². The van der Waals surface area contributed by atoms with Gasteiger partial charge in [-0.3, -0.25) is 19.5 Å². The number of non-ortho nitro benzene ring substituents is 1. The van der Waals surface area contributed by atoms with Crippen LogP contribution in [0, 0.1) is 17.0 Å². The third-order valence-corrected chi connectivity index (χ3v) is 5.62. The highest BCUT2D eigenvalue weighted by molar-refractivity contribution is 7.12. The van der Waals surface area contributed by atoms with Gasteiger partial charge in [0.2, 0.25) is 5.91 Å². The topological polar surface area (TPSA) is 103 Å². The predicted octanol–water partition coefficient (Wildman–Crippen LogP) is 5.05. The number of carbonyl (C=O) groups is 1. The lowest BCUT2D eigenvalue weighted by Crippen LogP contribution is -2.17. The van der Waals surface area contributed by atoms with Gasteiger partial charge in [-0.25, -0.2) is 9.97 Å². The van der Waals surface area contributed by atoms with E-state index in [2.05, 4.69) is 15.3 Å². The number of halogens is 1. The molecule has 8 nitrogen and oxygen atoms in total. The van der Waals surface area contributed by atoms with Gasteiger partial charge in [-0.2, -0.15) is 0 Å². The minimum atomic E-state index is -0.475. The van der Waals surface area contributed by atoms with Gasteiger partial charge in [-0.15, -0.1) is 11.3 Å². The zero-order valence-corrected chi connectivity index (χ0v) is 17.9. The number of anilines is 1. The second-order valence-electron chi connectivity index (χ2n) is 6.70. The Morgan fingerprint density at radius 2 is 1.90 bits per heavy atom. The molecule has 0 saturated carbocycles. The minimum absolute atomic E-state index is 0.0156. The molecule has 0 spiro atoms. The van der Waals surface area contributed by atoms with Crippen LogP contribution in [0.25, 0.3) is 16.4 Å². The van der Waals surface area contributed by atoms with Crippen molar-refractivity contribution in [3.8, 4) is 16.4 Å². The van der Waals surface area contributed by atoms with E-state index in [9.17, 15) is 14.9 Å². The smallest absolute Gasteiger partial charge is 0.269 e.